The van der Waals surface area contributed by atoms with E-state index in [1.54, 1.807) is 0 Å². The van der Waals surface area contributed by atoms with Crippen molar-refractivity contribution in [1.82, 2.24) is 9.80 Å². The third kappa shape index (κ3) is 6.68. The zero-order chi connectivity index (χ0) is 16.6. The van der Waals surface area contributed by atoms with Crippen LogP contribution in [0.2, 0.25) is 0 Å². The van der Waals surface area contributed by atoms with Gasteiger partial charge < -0.3 is 20.3 Å². The van der Waals surface area contributed by atoms with Crippen LogP contribution in [0.15, 0.2) is 0 Å². The molecule has 0 bridgehead atoms. The van der Waals surface area contributed by atoms with Crippen LogP contribution in [0.3, 0.4) is 0 Å². The van der Waals surface area contributed by atoms with Gasteiger partial charge in [0.1, 0.15) is 0 Å². The number of nitrogens with zero attached hydrogens (tertiary/aromatic N) is 2. The van der Waals surface area contributed by atoms with Crippen LogP contribution in [0.4, 0.5) is 0 Å². The van der Waals surface area contributed by atoms with E-state index in [1.165, 1.54) is 0 Å². The molecule has 0 aromatic rings. The van der Waals surface area contributed by atoms with Crippen molar-refractivity contribution in [3.05, 3.63) is 0 Å². The minimum Gasteiger partial charge on any atom is -0.375 e. The van der Waals surface area contributed by atoms with Crippen molar-refractivity contribution in [3.8, 4) is 0 Å². The molecule has 0 saturated carbocycles. The molecule has 0 radical (unpaired) electrons. The Morgan fingerprint density at radius 1 is 1.21 bits per heavy atom. The van der Waals surface area contributed by atoms with Crippen molar-refractivity contribution >= 4 is 30.7 Å². The molecule has 1 heterocycles. The highest BCUT2D eigenvalue weighted by molar-refractivity contribution is 5.85. The van der Waals surface area contributed by atoms with Crippen LogP contribution < -0.4 is 5.73 Å². The first-order valence-corrected chi connectivity index (χ1v) is 8.90. The molecule has 1 rings (SSSR count). The number of likely N-dealkylation sites (N-methyl/N-ethyl adjacent to an activating group) is 1. The van der Waals surface area contributed by atoms with Crippen molar-refractivity contribution in [2.75, 3.05) is 45.9 Å². The maximum absolute atomic E-state index is 12.8. The number of ether oxygens (including phenoxy) is 1. The number of rotatable bonds is 10. The van der Waals surface area contributed by atoms with Gasteiger partial charge in [0.05, 0.1) is 18.1 Å². The molecule has 0 spiro atoms. The molecule has 1 aliphatic rings. The second kappa shape index (κ2) is 13.2. The van der Waals surface area contributed by atoms with E-state index in [4.69, 9.17) is 10.5 Å². The number of carbonyl (C=O) groups excluding carboxylic acids is 1. The molecule has 1 fully saturated rings. The van der Waals surface area contributed by atoms with Gasteiger partial charge in [0.25, 0.3) is 0 Å². The largest absolute Gasteiger partial charge is 0.375 e. The lowest BCUT2D eigenvalue weighted by Crippen LogP contribution is -2.47. The van der Waals surface area contributed by atoms with Gasteiger partial charge in [-0.3, -0.25) is 4.79 Å². The second-order valence-corrected chi connectivity index (χ2v) is 6.25. The van der Waals surface area contributed by atoms with Gasteiger partial charge in [-0.2, -0.15) is 0 Å². The molecule has 1 amide bonds. The van der Waals surface area contributed by atoms with E-state index in [2.05, 4.69) is 32.6 Å². The van der Waals surface area contributed by atoms with E-state index in [1.807, 2.05) is 4.90 Å². The summed E-state index contributed by atoms with van der Waals surface area (Å²) in [7, 11) is 0. The lowest BCUT2D eigenvalue weighted by molar-refractivity contribution is -0.141. The summed E-state index contributed by atoms with van der Waals surface area (Å²) in [4.78, 5) is 17.1. The number of amides is 1. The van der Waals surface area contributed by atoms with Crippen molar-refractivity contribution < 1.29 is 9.53 Å². The van der Waals surface area contributed by atoms with Crippen molar-refractivity contribution in [2.24, 2.45) is 11.1 Å². The SMILES string of the molecule is CCN(CC)CCOC1CCN(C(=O)C(CC)(CC)CN)C1.Cl.Cl. The molecule has 2 N–H and O–H groups in total. The standard InChI is InChI=1S/C17H35N3O2.2ClH/c1-5-17(6-2,14-18)16(21)20-10-9-15(13-20)22-12-11-19(7-3)8-4;;/h15H,5-14,18H2,1-4H3;2*1H. The third-order valence-electron chi connectivity index (χ3n) is 5.29. The zero-order valence-electron chi connectivity index (χ0n) is 15.8. The van der Waals surface area contributed by atoms with Crippen LogP contribution in [-0.2, 0) is 9.53 Å². The third-order valence-corrected chi connectivity index (χ3v) is 5.29. The highest BCUT2D eigenvalue weighted by Gasteiger charge is 2.39. The Morgan fingerprint density at radius 3 is 2.25 bits per heavy atom. The normalized spacial score (nSPS) is 17.6. The highest BCUT2D eigenvalue weighted by atomic mass is 35.5. The fourth-order valence-electron chi connectivity index (χ4n) is 3.20. The van der Waals surface area contributed by atoms with Crippen molar-refractivity contribution in [2.45, 2.75) is 53.1 Å². The van der Waals surface area contributed by atoms with Crippen molar-refractivity contribution in [3.63, 3.8) is 0 Å². The molecular weight excluding hydrogens is 349 g/mol. The lowest BCUT2D eigenvalue weighted by Gasteiger charge is -2.33. The second-order valence-electron chi connectivity index (χ2n) is 6.25. The van der Waals surface area contributed by atoms with Crippen LogP contribution in [-0.4, -0.2) is 67.7 Å². The molecular formula is C17H37Cl2N3O2. The van der Waals surface area contributed by atoms with Gasteiger partial charge in [-0.15, -0.1) is 24.8 Å². The average Bonchev–Trinajstić information content (AvgIpc) is 3.02. The van der Waals surface area contributed by atoms with Crippen LogP contribution in [0.5, 0.6) is 0 Å². The fraction of sp³-hybridized carbons (Fsp3) is 0.941. The Labute approximate surface area is 160 Å². The van der Waals surface area contributed by atoms with Gasteiger partial charge in [0.2, 0.25) is 5.91 Å². The first-order valence-electron chi connectivity index (χ1n) is 8.90. The molecule has 0 aromatic heterocycles. The van der Waals surface area contributed by atoms with E-state index < -0.39 is 0 Å². The van der Waals surface area contributed by atoms with E-state index in [0.29, 0.717) is 6.54 Å². The maximum Gasteiger partial charge on any atom is 0.230 e. The average molecular weight is 386 g/mol. The van der Waals surface area contributed by atoms with Crippen LogP contribution in [0.25, 0.3) is 0 Å². The van der Waals surface area contributed by atoms with Gasteiger partial charge >= 0.3 is 0 Å². The van der Waals surface area contributed by atoms with E-state index >= 15 is 0 Å². The number of nitrogens with two attached hydrogens (primary N) is 1. The van der Waals surface area contributed by atoms with Gasteiger partial charge in [-0.25, -0.2) is 0 Å². The number of carbonyl (C=O) groups is 1. The summed E-state index contributed by atoms with van der Waals surface area (Å²) >= 11 is 0. The van der Waals surface area contributed by atoms with Gasteiger partial charge in [-0.1, -0.05) is 27.7 Å². The van der Waals surface area contributed by atoms with Gasteiger partial charge in [0.15, 0.2) is 0 Å². The summed E-state index contributed by atoms with van der Waals surface area (Å²) in [5.74, 6) is 0.217. The summed E-state index contributed by atoms with van der Waals surface area (Å²) in [6.07, 6.45) is 2.74. The number of halogens is 2. The number of hydrogen-bond donors (Lipinski definition) is 1. The molecule has 1 aliphatic heterocycles. The fourth-order valence-corrected chi connectivity index (χ4v) is 3.20. The summed E-state index contributed by atoms with van der Waals surface area (Å²) in [6.45, 7) is 14.2. The first kappa shape index (κ1) is 26.2. The Hall–Kier alpha value is -0.0700. The minimum absolute atomic E-state index is 0. The molecule has 24 heavy (non-hydrogen) atoms. The van der Waals surface area contributed by atoms with Crippen LogP contribution in [0.1, 0.15) is 47.0 Å². The molecule has 0 aromatic carbocycles. The number of hydrogen-bond acceptors (Lipinski definition) is 4. The quantitative estimate of drug-likeness (QED) is 0.627. The predicted octanol–water partition coefficient (Wildman–Crippen LogP) is 2.55. The Balaban J connectivity index is 0. The smallest absolute Gasteiger partial charge is 0.230 e. The van der Waals surface area contributed by atoms with E-state index in [0.717, 1.165) is 58.6 Å². The molecule has 1 atom stereocenters. The summed E-state index contributed by atoms with van der Waals surface area (Å²) in [5, 5.41) is 0. The summed E-state index contributed by atoms with van der Waals surface area (Å²) < 4.78 is 5.96. The Kier molecular flexibility index (Phi) is 14.4. The van der Waals surface area contributed by atoms with E-state index in [-0.39, 0.29) is 42.2 Å². The monoisotopic (exact) mass is 385 g/mol. The maximum atomic E-state index is 12.8. The van der Waals surface area contributed by atoms with E-state index in [9.17, 15) is 4.79 Å². The van der Waals surface area contributed by atoms with Gasteiger partial charge in [-0.05, 0) is 32.4 Å². The summed E-state index contributed by atoms with van der Waals surface area (Å²) in [6, 6.07) is 0. The molecule has 0 aliphatic carbocycles. The summed E-state index contributed by atoms with van der Waals surface area (Å²) in [5.41, 5.74) is 5.51. The first-order chi connectivity index (χ1) is 10.6. The Morgan fingerprint density at radius 2 is 1.79 bits per heavy atom. The molecule has 5 nitrogen and oxygen atoms in total. The minimum atomic E-state index is -0.379. The highest BCUT2D eigenvalue weighted by Crippen LogP contribution is 2.29. The van der Waals surface area contributed by atoms with Crippen molar-refractivity contribution in [1.29, 1.82) is 0 Å². The lowest BCUT2D eigenvalue weighted by atomic mass is 9.81. The molecule has 1 unspecified atom stereocenters. The van der Waals surface area contributed by atoms with Crippen LogP contribution >= 0.6 is 24.8 Å². The topological polar surface area (TPSA) is 58.8 Å². The van der Waals surface area contributed by atoms with Crippen LogP contribution in [0, 0.1) is 5.41 Å². The Bertz CT molecular complexity index is 330. The molecule has 146 valence electrons. The van der Waals surface area contributed by atoms with Gasteiger partial charge in [0, 0.05) is 26.2 Å². The molecule has 1 saturated heterocycles. The zero-order valence-corrected chi connectivity index (χ0v) is 17.4. The number of likely N-dealkylation sites (tertiary alicyclic amines) is 1. The molecule has 7 heteroatoms. The predicted molar refractivity (Wildman–Crippen MR) is 105 cm³/mol.